The normalized spacial score (nSPS) is 12.9. The lowest BCUT2D eigenvalue weighted by atomic mass is 10.1. The molecular formula is C11H15ClFN. The Hall–Kier alpha value is -0.600. The van der Waals surface area contributed by atoms with Crippen LogP contribution in [0.5, 0.6) is 0 Å². The van der Waals surface area contributed by atoms with E-state index in [1.807, 2.05) is 13.0 Å². The zero-order chi connectivity index (χ0) is 10.6. The predicted molar refractivity (Wildman–Crippen MR) is 58.1 cm³/mol. The SMILES string of the molecule is CCCNC(C)c1cccc(F)c1Cl. The van der Waals surface area contributed by atoms with Crippen molar-refractivity contribution in [3.8, 4) is 0 Å². The standard InChI is InChI=1S/C11H15ClFN/c1-3-7-14-8(2)9-5-4-6-10(13)11(9)12/h4-6,8,14H,3,7H2,1-2H3. The number of hydrogen-bond donors (Lipinski definition) is 1. The highest BCUT2D eigenvalue weighted by molar-refractivity contribution is 6.31. The molecule has 0 bridgehead atoms. The minimum absolute atomic E-state index is 0.0955. The van der Waals surface area contributed by atoms with Gasteiger partial charge in [-0.05, 0) is 31.5 Å². The summed E-state index contributed by atoms with van der Waals surface area (Å²) in [7, 11) is 0. The minimum atomic E-state index is -0.352. The zero-order valence-electron chi connectivity index (χ0n) is 8.48. The summed E-state index contributed by atoms with van der Waals surface area (Å²) in [6.45, 7) is 4.98. The first-order valence-electron chi connectivity index (χ1n) is 4.84. The maximum Gasteiger partial charge on any atom is 0.142 e. The Kier molecular flexibility index (Phi) is 4.36. The molecule has 1 nitrogen and oxygen atoms in total. The van der Waals surface area contributed by atoms with Crippen molar-refractivity contribution in [3.05, 3.63) is 34.6 Å². The molecule has 0 aliphatic carbocycles. The lowest BCUT2D eigenvalue weighted by Crippen LogP contribution is -2.19. The Morgan fingerprint density at radius 3 is 2.86 bits per heavy atom. The predicted octanol–water partition coefficient (Wildman–Crippen LogP) is 3.54. The maximum absolute atomic E-state index is 13.1. The van der Waals surface area contributed by atoms with Crippen LogP contribution in [0.3, 0.4) is 0 Å². The van der Waals surface area contributed by atoms with Crippen molar-refractivity contribution in [2.45, 2.75) is 26.3 Å². The van der Waals surface area contributed by atoms with E-state index >= 15 is 0 Å². The van der Waals surface area contributed by atoms with E-state index in [-0.39, 0.29) is 16.9 Å². The van der Waals surface area contributed by atoms with Gasteiger partial charge in [0, 0.05) is 6.04 Å². The molecule has 3 heteroatoms. The van der Waals surface area contributed by atoms with Crippen LogP contribution in [-0.4, -0.2) is 6.54 Å². The van der Waals surface area contributed by atoms with Crippen LogP contribution in [0.2, 0.25) is 5.02 Å². The fraction of sp³-hybridized carbons (Fsp3) is 0.455. The first-order chi connectivity index (χ1) is 6.66. The van der Waals surface area contributed by atoms with Crippen molar-refractivity contribution in [1.82, 2.24) is 5.32 Å². The van der Waals surface area contributed by atoms with Crippen molar-refractivity contribution in [1.29, 1.82) is 0 Å². The molecule has 14 heavy (non-hydrogen) atoms. The topological polar surface area (TPSA) is 12.0 Å². The van der Waals surface area contributed by atoms with Crippen LogP contribution in [0.4, 0.5) is 4.39 Å². The molecule has 1 rings (SSSR count). The van der Waals surface area contributed by atoms with E-state index in [1.165, 1.54) is 6.07 Å². The molecule has 0 fully saturated rings. The lowest BCUT2D eigenvalue weighted by molar-refractivity contribution is 0.562. The van der Waals surface area contributed by atoms with Crippen LogP contribution in [0.25, 0.3) is 0 Å². The molecule has 0 aliphatic rings. The first-order valence-corrected chi connectivity index (χ1v) is 5.22. The van der Waals surface area contributed by atoms with Gasteiger partial charge in [-0.25, -0.2) is 4.39 Å². The highest BCUT2D eigenvalue weighted by atomic mass is 35.5. The summed E-state index contributed by atoms with van der Waals surface area (Å²) in [5, 5.41) is 3.49. The van der Waals surface area contributed by atoms with Crippen LogP contribution in [-0.2, 0) is 0 Å². The molecule has 1 aromatic carbocycles. The third-order valence-corrected chi connectivity index (χ3v) is 2.55. The quantitative estimate of drug-likeness (QED) is 0.810. The van der Waals surface area contributed by atoms with Gasteiger partial charge in [-0.2, -0.15) is 0 Å². The lowest BCUT2D eigenvalue weighted by Gasteiger charge is -2.15. The summed E-state index contributed by atoms with van der Waals surface area (Å²) in [6, 6.07) is 5.00. The summed E-state index contributed by atoms with van der Waals surface area (Å²) < 4.78 is 13.1. The van der Waals surface area contributed by atoms with E-state index in [4.69, 9.17) is 11.6 Å². The van der Waals surface area contributed by atoms with E-state index in [1.54, 1.807) is 6.07 Å². The Bertz CT molecular complexity index is 301. The Labute approximate surface area is 89.3 Å². The highest BCUT2D eigenvalue weighted by Crippen LogP contribution is 2.25. The summed E-state index contributed by atoms with van der Waals surface area (Å²) in [6.07, 6.45) is 1.05. The number of hydrogen-bond acceptors (Lipinski definition) is 1. The van der Waals surface area contributed by atoms with Gasteiger partial charge in [0.05, 0.1) is 5.02 Å². The zero-order valence-corrected chi connectivity index (χ0v) is 9.24. The number of rotatable bonds is 4. The number of halogens is 2. The van der Waals surface area contributed by atoms with Crippen molar-refractivity contribution >= 4 is 11.6 Å². The van der Waals surface area contributed by atoms with Crippen LogP contribution in [0.1, 0.15) is 31.9 Å². The molecule has 1 atom stereocenters. The molecule has 0 saturated heterocycles. The maximum atomic E-state index is 13.1. The van der Waals surface area contributed by atoms with Gasteiger partial charge in [0.1, 0.15) is 5.82 Å². The molecule has 0 saturated carbocycles. The van der Waals surface area contributed by atoms with E-state index in [0.717, 1.165) is 18.5 Å². The van der Waals surface area contributed by atoms with E-state index in [0.29, 0.717) is 0 Å². The highest BCUT2D eigenvalue weighted by Gasteiger charge is 2.11. The smallest absolute Gasteiger partial charge is 0.142 e. The van der Waals surface area contributed by atoms with Gasteiger partial charge in [-0.3, -0.25) is 0 Å². The molecule has 0 radical (unpaired) electrons. The van der Waals surface area contributed by atoms with Gasteiger partial charge in [-0.1, -0.05) is 30.7 Å². The van der Waals surface area contributed by atoms with Crippen LogP contribution >= 0.6 is 11.6 Å². The summed E-state index contributed by atoms with van der Waals surface area (Å²) in [5.41, 5.74) is 0.820. The van der Waals surface area contributed by atoms with Crippen molar-refractivity contribution < 1.29 is 4.39 Å². The molecule has 1 unspecified atom stereocenters. The molecule has 0 heterocycles. The third kappa shape index (κ3) is 2.69. The molecule has 0 spiro atoms. The van der Waals surface area contributed by atoms with E-state index in [2.05, 4.69) is 12.2 Å². The molecule has 1 N–H and O–H groups in total. The molecule has 0 amide bonds. The third-order valence-electron chi connectivity index (χ3n) is 2.15. The van der Waals surface area contributed by atoms with Crippen LogP contribution < -0.4 is 5.32 Å². The molecule has 0 aromatic heterocycles. The van der Waals surface area contributed by atoms with Gasteiger partial charge in [-0.15, -0.1) is 0 Å². The van der Waals surface area contributed by atoms with Gasteiger partial charge in [0.2, 0.25) is 0 Å². The summed E-state index contributed by atoms with van der Waals surface area (Å²) >= 11 is 5.85. The second-order valence-electron chi connectivity index (χ2n) is 3.32. The average molecular weight is 216 g/mol. The van der Waals surface area contributed by atoms with Crippen molar-refractivity contribution in [3.63, 3.8) is 0 Å². The van der Waals surface area contributed by atoms with Crippen LogP contribution in [0, 0.1) is 5.82 Å². The summed E-state index contributed by atoms with van der Waals surface area (Å²) in [4.78, 5) is 0. The minimum Gasteiger partial charge on any atom is -0.310 e. The van der Waals surface area contributed by atoms with Gasteiger partial charge in [0.25, 0.3) is 0 Å². The Morgan fingerprint density at radius 1 is 1.50 bits per heavy atom. The second-order valence-corrected chi connectivity index (χ2v) is 3.70. The Balaban J connectivity index is 2.79. The van der Waals surface area contributed by atoms with Crippen molar-refractivity contribution in [2.24, 2.45) is 0 Å². The largest absolute Gasteiger partial charge is 0.310 e. The summed E-state index contributed by atoms with van der Waals surface area (Å²) in [5.74, 6) is -0.352. The van der Waals surface area contributed by atoms with Crippen LogP contribution in [0.15, 0.2) is 18.2 Å². The molecule has 78 valence electrons. The van der Waals surface area contributed by atoms with E-state index in [9.17, 15) is 4.39 Å². The fourth-order valence-corrected chi connectivity index (χ4v) is 1.62. The monoisotopic (exact) mass is 215 g/mol. The van der Waals surface area contributed by atoms with Gasteiger partial charge >= 0.3 is 0 Å². The fourth-order valence-electron chi connectivity index (χ4n) is 1.33. The molecular weight excluding hydrogens is 201 g/mol. The average Bonchev–Trinajstić information content (AvgIpc) is 2.18. The van der Waals surface area contributed by atoms with Crippen molar-refractivity contribution in [2.75, 3.05) is 6.54 Å². The first kappa shape index (κ1) is 11.5. The number of nitrogens with one attached hydrogen (secondary N) is 1. The molecule has 0 aliphatic heterocycles. The van der Waals surface area contributed by atoms with Gasteiger partial charge in [0.15, 0.2) is 0 Å². The van der Waals surface area contributed by atoms with Gasteiger partial charge < -0.3 is 5.32 Å². The number of benzene rings is 1. The second kappa shape index (κ2) is 5.32. The van der Waals surface area contributed by atoms with E-state index < -0.39 is 0 Å². The molecule has 1 aromatic rings. The Morgan fingerprint density at radius 2 is 2.21 bits per heavy atom.